The van der Waals surface area contributed by atoms with Gasteiger partial charge in [-0.25, -0.2) is 0 Å². The van der Waals surface area contributed by atoms with E-state index in [1.807, 2.05) is 42.2 Å². The van der Waals surface area contributed by atoms with E-state index in [2.05, 4.69) is 5.32 Å². The van der Waals surface area contributed by atoms with Gasteiger partial charge < -0.3 is 16.0 Å². The van der Waals surface area contributed by atoms with Crippen molar-refractivity contribution in [1.29, 1.82) is 0 Å². The molecule has 0 bridgehead atoms. The summed E-state index contributed by atoms with van der Waals surface area (Å²) in [5, 5.41) is 2.96. The van der Waals surface area contributed by atoms with Crippen molar-refractivity contribution in [2.75, 3.05) is 26.2 Å². The molecule has 1 aliphatic heterocycles. The van der Waals surface area contributed by atoms with Gasteiger partial charge in [-0.3, -0.25) is 9.59 Å². The summed E-state index contributed by atoms with van der Waals surface area (Å²) in [6, 6.07) is 9.38. The van der Waals surface area contributed by atoms with Crippen molar-refractivity contribution in [1.82, 2.24) is 10.2 Å². The zero-order valence-corrected chi connectivity index (χ0v) is 14.3. The highest BCUT2D eigenvalue weighted by atomic mass is 35.5. The van der Waals surface area contributed by atoms with Gasteiger partial charge in [-0.2, -0.15) is 0 Å². The number of benzene rings is 1. The van der Waals surface area contributed by atoms with E-state index in [1.54, 1.807) is 0 Å². The standard InChI is InChI=1S/C17H25N3O2.ClH/c1-13(11-18)16(21)19-12-14-7-9-20(10-8-14)17(22)15-5-3-2-4-6-15;/h2-6,13-14H,7-12,18H2,1H3,(H,19,21);1H. The lowest BCUT2D eigenvalue weighted by atomic mass is 9.96. The molecule has 3 N–H and O–H groups in total. The first kappa shape index (κ1) is 19.5. The van der Waals surface area contributed by atoms with E-state index in [0.717, 1.165) is 31.5 Å². The van der Waals surface area contributed by atoms with Gasteiger partial charge in [0.15, 0.2) is 0 Å². The molecule has 1 unspecified atom stereocenters. The Morgan fingerprint density at radius 3 is 2.43 bits per heavy atom. The van der Waals surface area contributed by atoms with Crippen LogP contribution in [0.25, 0.3) is 0 Å². The molecule has 128 valence electrons. The molecule has 1 saturated heterocycles. The largest absolute Gasteiger partial charge is 0.356 e. The molecule has 1 atom stereocenters. The highest BCUT2D eigenvalue weighted by Gasteiger charge is 2.24. The summed E-state index contributed by atoms with van der Waals surface area (Å²) in [7, 11) is 0. The van der Waals surface area contributed by atoms with E-state index >= 15 is 0 Å². The van der Waals surface area contributed by atoms with Crippen molar-refractivity contribution in [3.63, 3.8) is 0 Å². The van der Waals surface area contributed by atoms with E-state index in [9.17, 15) is 9.59 Å². The minimum atomic E-state index is -0.139. The van der Waals surface area contributed by atoms with Gasteiger partial charge >= 0.3 is 0 Å². The Hall–Kier alpha value is -1.59. The third-order valence-electron chi connectivity index (χ3n) is 4.29. The number of likely N-dealkylation sites (tertiary alicyclic amines) is 1. The van der Waals surface area contributed by atoms with Crippen molar-refractivity contribution in [3.8, 4) is 0 Å². The lowest BCUT2D eigenvalue weighted by Gasteiger charge is -2.32. The first-order valence-corrected chi connectivity index (χ1v) is 7.94. The molecule has 0 radical (unpaired) electrons. The molecule has 0 spiro atoms. The number of carbonyl (C=O) groups is 2. The Bertz CT molecular complexity index is 502. The van der Waals surface area contributed by atoms with Crippen LogP contribution in [0.3, 0.4) is 0 Å². The van der Waals surface area contributed by atoms with E-state index in [0.29, 0.717) is 19.0 Å². The van der Waals surface area contributed by atoms with Crippen LogP contribution in [0.2, 0.25) is 0 Å². The lowest BCUT2D eigenvalue weighted by Crippen LogP contribution is -2.42. The van der Waals surface area contributed by atoms with E-state index in [4.69, 9.17) is 5.73 Å². The van der Waals surface area contributed by atoms with Crippen LogP contribution in [0.15, 0.2) is 30.3 Å². The number of piperidine rings is 1. The number of halogens is 1. The topological polar surface area (TPSA) is 75.4 Å². The quantitative estimate of drug-likeness (QED) is 0.856. The highest BCUT2D eigenvalue weighted by Crippen LogP contribution is 2.18. The molecule has 0 saturated carbocycles. The lowest BCUT2D eigenvalue weighted by molar-refractivity contribution is -0.124. The van der Waals surface area contributed by atoms with Crippen LogP contribution in [-0.2, 0) is 4.79 Å². The first-order chi connectivity index (χ1) is 10.6. The second kappa shape index (κ2) is 9.53. The third-order valence-corrected chi connectivity index (χ3v) is 4.29. The van der Waals surface area contributed by atoms with Crippen molar-refractivity contribution in [2.45, 2.75) is 19.8 Å². The van der Waals surface area contributed by atoms with Gasteiger partial charge in [0.25, 0.3) is 5.91 Å². The molecule has 0 aliphatic carbocycles. The molecule has 1 aromatic carbocycles. The molecule has 1 heterocycles. The normalized spacial score (nSPS) is 16.3. The highest BCUT2D eigenvalue weighted by molar-refractivity contribution is 5.94. The average Bonchev–Trinajstić information content (AvgIpc) is 2.59. The van der Waals surface area contributed by atoms with Gasteiger partial charge in [-0.1, -0.05) is 25.1 Å². The number of amides is 2. The Morgan fingerprint density at radius 2 is 1.87 bits per heavy atom. The predicted molar refractivity (Wildman–Crippen MR) is 93.5 cm³/mol. The average molecular weight is 340 g/mol. The van der Waals surface area contributed by atoms with Crippen molar-refractivity contribution < 1.29 is 9.59 Å². The predicted octanol–water partition coefficient (Wildman–Crippen LogP) is 1.67. The molecule has 5 nitrogen and oxygen atoms in total. The summed E-state index contributed by atoms with van der Waals surface area (Å²) in [4.78, 5) is 26.0. The summed E-state index contributed by atoms with van der Waals surface area (Å²) in [6.07, 6.45) is 1.85. The maximum absolute atomic E-state index is 12.3. The van der Waals surface area contributed by atoms with Crippen LogP contribution in [0, 0.1) is 11.8 Å². The fraction of sp³-hybridized carbons (Fsp3) is 0.529. The second-order valence-corrected chi connectivity index (χ2v) is 5.98. The monoisotopic (exact) mass is 339 g/mol. The summed E-state index contributed by atoms with van der Waals surface area (Å²) in [6.45, 7) is 4.38. The van der Waals surface area contributed by atoms with Crippen molar-refractivity contribution in [2.24, 2.45) is 17.6 Å². The van der Waals surface area contributed by atoms with Gasteiger partial charge in [0.1, 0.15) is 0 Å². The third kappa shape index (κ3) is 5.52. The number of rotatable bonds is 5. The molecule has 23 heavy (non-hydrogen) atoms. The van der Waals surface area contributed by atoms with Crippen LogP contribution in [0.5, 0.6) is 0 Å². The number of nitrogens with two attached hydrogens (primary N) is 1. The number of carbonyl (C=O) groups excluding carboxylic acids is 2. The first-order valence-electron chi connectivity index (χ1n) is 7.94. The smallest absolute Gasteiger partial charge is 0.253 e. The summed E-state index contributed by atoms with van der Waals surface area (Å²) in [5.41, 5.74) is 6.23. The Kier molecular flexibility index (Phi) is 8.06. The molecule has 1 aliphatic rings. The maximum Gasteiger partial charge on any atom is 0.253 e. The molecular formula is C17H26ClN3O2. The Labute approximate surface area is 144 Å². The number of nitrogens with one attached hydrogen (secondary N) is 1. The fourth-order valence-corrected chi connectivity index (χ4v) is 2.63. The molecular weight excluding hydrogens is 314 g/mol. The minimum absolute atomic E-state index is 0. The molecule has 1 aromatic rings. The molecule has 2 amide bonds. The summed E-state index contributed by atoms with van der Waals surface area (Å²) >= 11 is 0. The molecule has 6 heteroatoms. The SMILES string of the molecule is CC(CN)C(=O)NCC1CCN(C(=O)c2ccccc2)CC1.Cl. The van der Waals surface area contributed by atoms with Gasteiger partial charge in [-0.05, 0) is 30.9 Å². The number of hydrogen-bond acceptors (Lipinski definition) is 3. The van der Waals surface area contributed by atoms with Crippen molar-refractivity contribution in [3.05, 3.63) is 35.9 Å². The number of hydrogen-bond donors (Lipinski definition) is 2. The van der Waals surface area contributed by atoms with Gasteiger partial charge in [-0.15, -0.1) is 12.4 Å². The number of nitrogens with zero attached hydrogens (tertiary/aromatic N) is 1. The van der Waals surface area contributed by atoms with E-state index in [1.165, 1.54) is 0 Å². The molecule has 0 aromatic heterocycles. The van der Waals surface area contributed by atoms with Gasteiger partial charge in [0.2, 0.25) is 5.91 Å². The minimum Gasteiger partial charge on any atom is -0.356 e. The van der Waals surface area contributed by atoms with Crippen LogP contribution >= 0.6 is 12.4 Å². The van der Waals surface area contributed by atoms with Crippen LogP contribution in [0.1, 0.15) is 30.1 Å². The van der Waals surface area contributed by atoms with E-state index < -0.39 is 0 Å². The van der Waals surface area contributed by atoms with Gasteiger partial charge in [0.05, 0.1) is 0 Å². The maximum atomic E-state index is 12.3. The van der Waals surface area contributed by atoms with Crippen LogP contribution in [-0.4, -0.2) is 42.9 Å². The Morgan fingerprint density at radius 1 is 1.26 bits per heavy atom. The second-order valence-electron chi connectivity index (χ2n) is 5.98. The molecule has 1 fully saturated rings. The summed E-state index contributed by atoms with van der Waals surface area (Å²) in [5.74, 6) is 0.415. The molecule has 2 rings (SSSR count). The zero-order chi connectivity index (χ0) is 15.9. The van der Waals surface area contributed by atoms with Crippen LogP contribution < -0.4 is 11.1 Å². The Balaban J connectivity index is 0.00000264. The van der Waals surface area contributed by atoms with Gasteiger partial charge in [0, 0.05) is 37.7 Å². The summed E-state index contributed by atoms with van der Waals surface area (Å²) < 4.78 is 0. The van der Waals surface area contributed by atoms with E-state index in [-0.39, 0.29) is 30.1 Å². The zero-order valence-electron chi connectivity index (χ0n) is 13.5. The van der Waals surface area contributed by atoms with Crippen LogP contribution in [0.4, 0.5) is 0 Å². The van der Waals surface area contributed by atoms with Crippen molar-refractivity contribution >= 4 is 24.2 Å². The fourth-order valence-electron chi connectivity index (χ4n) is 2.63.